The molecule has 0 saturated heterocycles. The fourth-order valence-corrected chi connectivity index (χ4v) is 3.16. The number of aromatic nitrogens is 4. The van der Waals surface area contributed by atoms with E-state index >= 15 is 0 Å². The Labute approximate surface area is 174 Å². The Kier molecular flexibility index (Phi) is 5.81. The number of rotatable bonds is 7. The van der Waals surface area contributed by atoms with Crippen molar-refractivity contribution < 1.29 is 0 Å². The predicted molar refractivity (Wildman–Crippen MR) is 118 cm³/mol. The van der Waals surface area contributed by atoms with Gasteiger partial charge in [-0.1, -0.05) is 48.0 Å². The smallest absolute Gasteiger partial charge is 0.226 e. The summed E-state index contributed by atoms with van der Waals surface area (Å²) in [5.74, 6) is 1.11. The van der Waals surface area contributed by atoms with Crippen LogP contribution in [0.15, 0.2) is 60.9 Å². The summed E-state index contributed by atoms with van der Waals surface area (Å²) >= 11 is 6.25. The third-order valence-corrected chi connectivity index (χ3v) is 4.94. The number of hydrogen-bond donors (Lipinski definition) is 2. The first-order chi connectivity index (χ1) is 14.2. The number of aryl methyl sites for hydroxylation is 2. The Morgan fingerprint density at radius 3 is 2.62 bits per heavy atom. The Bertz CT molecular complexity index is 1120. The number of nitrogens with one attached hydrogen (secondary N) is 2. The zero-order valence-electron chi connectivity index (χ0n) is 16.1. The average Bonchev–Trinajstić information content (AvgIpc) is 2.75. The minimum atomic E-state index is 0.520. The number of anilines is 3. The summed E-state index contributed by atoms with van der Waals surface area (Å²) in [6.45, 7) is 2.73. The van der Waals surface area contributed by atoms with Crippen molar-refractivity contribution in [1.82, 2.24) is 19.9 Å². The van der Waals surface area contributed by atoms with Gasteiger partial charge >= 0.3 is 0 Å². The molecule has 0 bridgehead atoms. The largest absolute Gasteiger partial charge is 0.354 e. The molecule has 4 aromatic rings. The second-order valence-electron chi connectivity index (χ2n) is 6.73. The highest BCUT2D eigenvalue weighted by molar-refractivity contribution is 6.31. The minimum absolute atomic E-state index is 0.520. The molecule has 0 saturated carbocycles. The Morgan fingerprint density at radius 1 is 0.966 bits per heavy atom. The number of benzene rings is 2. The van der Waals surface area contributed by atoms with Crippen LogP contribution >= 0.6 is 11.6 Å². The molecule has 29 heavy (non-hydrogen) atoms. The van der Waals surface area contributed by atoms with E-state index < -0.39 is 0 Å². The number of halogens is 1. The van der Waals surface area contributed by atoms with E-state index in [1.54, 1.807) is 12.4 Å². The lowest BCUT2D eigenvalue weighted by Crippen LogP contribution is -2.09. The molecule has 2 aromatic heterocycles. The van der Waals surface area contributed by atoms with E-state index in [0.29, 0.717) is 28.0 Å². The lowest BCUT2D eigenvalue weighted by Gasteiger charge is -2.11. The second-order valence-corrected chi connectivity index (χ2v) is 7.14. The van der Waals surface area contributed by atoms with Gasteiger partial charge in [0.25, 0.3) is 0 Å². The van der Waals surface area contributed by atoms with Gasteiger partial charge in [0, 0.05) is 29.6 Å². The molecule has 7 heteroatoms. The quantitative estimate of drug-likeness (QED) is 0.414. The highest BCUT2D eigenvalue weighted by Gasteiger charge is 2.11. The van der Waals surface area contributed by atoms with E-state index in [1.807, 2.05) is 31.2 Å². The molecule has 0 fully saturated rings. The van der Waals surface area contributed by atoms with Crippen molar-refractivity contribution in [3.05, 3.63) is 77.1 Å². The summed E-state index contributed by atoms with van der Waals surface area (Å²) in [5, 5.41) is 7.28. The van der Waals surface area contributed by atoms with Crippen LogP contribution in [0.2, 0.25) is 5.02 Å². The van der Waals surface area contributed by atoms with Gasteiger partial charge in [0.2, 0.25) is 5.95 Å². The van der Waals surface area contributed by atoms with E-state index in [9.17, 15) is 0 Å². The lowest BCUT2D eigenvalue weighted by atomic mass is 10.1. The first-order valence-electron chi connectivity index (χ1n) is 9.49. The molecule has 0 radical (unpaired) electrons. The third kappa shape index (κ3) is 4.78. The van der Waals surface area contributed by atoms with E-state index in [4.69, 9.17) is 11.6 Å². The average molecular weight is 405 g/mol. The van der Waals surface area contributed by atoms with Gasteiger partial charge in [-0.3, -0.25) is 0 Å². The Hall–Kier alpha value is -3.25. The van der Waals surface area contributed by atoms with Gasteiger partial charge in [-0.25, -0.2) is 9.97 Å². The standard InChI is InChI=1S/C22H21ClN6/c1-15-9-10-17(14-18(15)23)27-21-19-20(25-13-12-24-19)28-22(29-21)26-11-5-8-16-6-3-2-4-7-16/h2-4,6-7,9-10,12-14H,5,8,11H2,1H3,(H2,25,26,27,28,29). The molecule has 0 aliphatic rings. The zero-order chi connectivity index (χ0) is 20.1. The molecule has 4 rings (SSSR count). The highest BCUT2D eigenvalue weighted by atomic mass is 35.5. The molecule has 0 atom stereocenters. The summed E-state index contributed by atoms with van der Waals surface area (Å²) in [5.41, 5.74) is 4.32. The van der Waals surface area contributed by atoms with Crippen LogP contribution < -0.4 is 10.6 Å². The lowest BCUT2D eigenvalue weighted by molar-refractivity contribution is 0.854. The van der Waals surface area contributed by atoms with Crippen LogP contribution in [0, 0.1) is 6.92 Å². The van der Waals surface area contributed by atoms with Crippen molar-refractivity contribution in [3.63, 3.8) is 0 Å². The van der Waals surface area contributed by atoms with Crippen molar-refractivity contribution in [1.29, 1.82) is 0 Å². The molecule has 0 amide bonds. The summed E-state index contributed by atoms with van der Waals surface area (Å²) in [6.07, 6.45) is 5.23. The fourth-order valence-electron chi connectivity index (χ4n) is 2.97. The molecular formula is C22H21ClN6. The maximum atomic E-state index is 6.25. The molecule has 0 aliphatic carbocycles. The van der Waals surface area contributed by atoms with Gasteiger partial charge in [-0.05, 0) is 43.0 Å². The van der Waals surface area contributed by atoms with E-state index in [2.05, 4.69) is 54.8 Å². The van der Waals surface area contributed by atoms with E-state index in [-0.39, 0.29) is 0 Å². The maximum absolute atomic E-state index is 6.25. The summed E-state index contributed by atoms with van der Waals surface area (Å²) in [4.78, 5) is 17.8. The van der Waals surface area contributed by atoms with Crippen molar-refractivity contribution in [3.8, 4) is 0 Å². The van der Waals surface area contributed by atoms with Gasteiger partial charge in [0.15, 0.2) is 17.0 Å². The SMILES string of the molecule is Cc1ccc(Nc2nc(NCCCc3ccccc3)nc3nccnc23)cc1Cl. The van der Waals surface area contributed by atoms with Gasteiger partial charge in [0.1, 0.15) is 0 Å². The van der Waals surface area contributed by atoms with E-state index in [1.165, 1.54) is 5.56 Å². The van der Waals surface area contributed by atoms with Crippen LogP contribution in [-0.2, 0) is 6.42 Å². The van der Waals surface area contributed by atoms with Crippen molar-refractivity contribution in [2.45, 2.75) is 19.8 Å². The van der Waals surface area contributed by atoms with Crippen LogP contribution in [0.4, 0.5) is 17.5 Å². The molecule has 2 aromatic carbocycles. The first-order valence-corrected chi connectivity index (χ1v) is 9.86. The van der Waals surface area contributed by atoms with Crippen LogP contribution in [0.3, 0.4) is 0 Å². The first kappa shape index (κ1) is 19.1. The molecule has 0 aliphatic heterocycles. The Balaban J connectivity index is 1.51. The summed E-state index contributed by atoms with van der Waals surface area (Å²) in [6, 6.07) is 16.2. The third-order valence-electron chi connectivity index (χ3n) is 4.54. The molecule has 2 N–H and O–H groups in total. The van der Waals surface area contributed by atoms with Crippen LogP contribution in [0.5, 0.6) is 0 Å². The monoisotopic (exact) mass is 404 g/mol. The number of hydrogen-bond acceptors (Lipinski definition) is 6. The highest BCUT2D eigenvalue weighted by Crippen LogP contribution is 2.25. The van der Waals surface area contributed by atoms with Gasteiger partial charge in [0.05, 0.1) is 0 Å². The van der Waals surface area contributed by atoms with Crippen molar-refractivity contribution >= 4 is 40.2 Å². The van der Waals surface area contributed by atoms with Crippen molar-refractivity contribution in [2.24, 2.45) is 0 Å². The maximum Gasteiger partial charge on any atom is 0.226 e. The van der Waals surface area contributed by atoms with Gasteiger partial charge in [-0.15, -0.1) is 0 Å². The van der Waals surface area contributed by atoms with Crippen LogP contribution in [0.1, 0.15) is 17.5 Å². The zero-order valence-corrected chi connectivity index (χ0v) is 16.8. The summed E-state index contributed by atoms with van der Waals surface area (Å²) in [7, 11) is 0. The van der Waals surface area contributed by atoms with Gasteiger partial charge in [-0.2, -0.15) is 9.97 Å². The topological polar surface area (TPSA) is 75.6 Å². The molecule has 0 unspecified atom stereocenters. The molecule has 6 nitrogen and oxygen atoms in total. The molecule has 0 spiro atoms. The second kappa shape index (κ2) is 8.84. The molecule has 2 heterocycles. The fraction of sp³-hybridized carbons (Fsp3) is 0.182. The van der Waals surface area contributed by atoms with Crippen LogP contribution in [-0.4, -0.2) is 26.5 Å². The molecular weight excluding hydrogens is 384 g/mol. The normalized spacial score (nSPS) is 10.8. The summed E-state index contributed by atoms with van der Waals surface area (Å²) < 4.78 is 0. The minimum Gasteiger partial charge on any atom is -0.354 e. The van der Waals surface area contributed by atoms with Gasteiger partial charge < -0.3 is 10.6 Å². The molecule has 146 valence electrons. The number of nitrogens with zero attached hydrogens (tertiary/aromatic N) is 4. The van der Waals surface area contributed by atoms with E-state index in [0.717, 1.165) is 30.6 Å². The Morgan fingerprint density at radius 2 is 1.79 bits per heavy atom. The predicted octanol–water partition coefficient (Wildman–Crippen LogP) is 5.17. The van der Waals surface area contributed by atoms with Crippen LogP contribution in [0.25, 0.3) is 11.2 Å². The van der Waals surface area contributed by atoms with Crippen molar-refractivity contribution in [2.75, 3.05) is 17.2 Å². The number of fused-ring (bicyclic) bond motifs is 1.